The summed E-state index contributed by atoms with van der Waals surface area (Å²) in [6, 6.07) is 7.36. The van der Waals surface area contributed by atoms with Gasteiger partial charge in [0.15, 0.2) is 5.82 Å². The van der Waals surface area contributed by atoms with Crippen LogP contribution in [0.2, 0.25) is 5.15 Å². The minimum atomic E-state index is -1.14. The molecule has 1 unspecified atom stereocenters. The lowest BCUT2D eigenvalue weighted by atomic mass is 10.1. The van der Waals surface area contributed by atoms with Gasteiger partial charge in [-0.25, -0.2) is 19.4 Å². The van der Waals surface area contributed by atoms with Crippen molar-refractivity contribution in [1.29, 1.82) is 0 Å². The fourth-order valence-corrected chi connectivity index (χ4v) is 3.89. The largest absolute Gasteiger partial charge is 0.444 e. The number of halogens is 1. The highest BCUT2D eigenvalue weighted by atomic mass is 35.5. The third kappa shape index (κ3) is 4.94. The second-order valence-electron chi connectivity index (χ2n) is 9.30. The van der Waals surface area contributed by atoms with Crippen LogP contribution in [-0.2, 0) is 4.74 Å². The first-order valence-electron chi connectivity index (χ1n) is 10.4. The van der Waals surface area contributed by atoms with Gasteiger partial charge in [0.25, 0.3) is 0 Å². The maximum atomic E-state index is 12.6. The van der Waals surface area contributed by atoms with Crippen molar-refractivity contribution in [3.05, 3.63) is 41.8 Å². The Hall–Kier alpha value is -2.91. The van der Waals surface area contributed by atoms with Crippen LogP contribution >= 0.6 is 11.6 Å². The number of nitrogens with zero attached hydrogens (tertiary/aromatic N) is 6. The molecule has 1 aliphatic heterocycles. The highest BCUT2D eigenvalue weighted by Crippen LogP contribution is 2.24. The van der Waals surface area contributed by atoms with E-state index < -0.39 is 17.3 Å². The highest BCUT2D eigenvalue weighted by molar-refractivity contribution is 6.30. The first kappa shape index (κ1) is 22.3. The van der Waals surface area contributed by atoms with Crippen molar-refractivity contribution in [2.24, 2.45) is 0 Å². The van der Waals surface area contributed by atoms with Crippen LogP contribution in [0.5, 0.6) is 0 Å². The number of carbonyl (C=O) groups is 1. The monoisotopic (exact) mass is 458 g/mol. The van der Waals surface area contributed by atoms with Crippen molar-refractivity contribution >= 4 is 34.4 Å². The summed E-state index contributed by atoms with van der Waals surface area (Å²) >= 11 is 6.07. The zero-order valence-electron chi connectivity index (χ0n) is 18.6. The molecule has 1 atom stereocenters. The Labute approximate surface area is 191 Å². The summed E-state index contributed by atoms with van der Waals surface area (Å²) in [4.78, 5) is 25.0. The van der Waals surface area contributed by atoms with E-state index in [4.69, 9.17) is 21.3 Å². The molecular formula is C22H27ClN6O3. The number of fused-ring (bicyclic) bond motifs is 1. The summed E-state index contributed by atoms with van der Waals surface area (Å²) < 4.78 is 7.20. The predicted molar refractivity (Wildman–Crippen MR) is 122 cm³/mol. The summed E-state index contributed by atoms with van der Waals surface area (Å²) in [5.74, 6) is 1.30. The Morgan fingerprint density at radius 1 is 1.19 bits per heavy atom. The van der Waals surface area contributed by atoms with E-state index in [0.29, 0.717) is 36.4 Å². The lowest BCUT2D eigenvalue weighted by Crippen LogP contribution is -2.47. The predicted octanol–water partition coefficient (Wildman–Crippen LogP) is 3.28. The molecule has 4 rings (SSSR count). The number of pyridine rings is 2. The number of ether oxygens (including phenoxy) is 1. The summed E-state index contributed by atoms with van der Waals surface area (Å²) in [5.41, 5.74) is -0.938. The Morgan fingerprint density at radius 2 is 1.94 bits per heavy atom. The normalized spacial score (nSPS) is 19.8. The van der Waals surface area contributed by atoms with Crippen molar-refractivity contribution in [3.8, 4) is 5.82 Å². The molecule has 1 saturated heterocycles. The van der Waals surface area contributed by atoms with Crippen LogP contribution in [0.25, 0.3) is 16.7 Å². The molecule has 1 fully saturated rings. The van der Waals surface area contributed by atoms with E-state index in [1.54, 1.807) is 35.0 Å². The van der Waals surface area contributed by atoms with Crippen molar-refractivity contribution in [3.63, 3.8) is 0 Å². The molecule has 32 heavy (non-hydrogen) atoms. The van der Waals surface area contributed by atoms with Gasteiger partial charge >= 0.3 is 6.09 Å². The third-order valence-electron chi connectivity index (χ3n) is 5.03. The van der Waals surface area contributed by atoms with Gasteiger partial charge in [-0.1, -0.05) is 17.7 Å². The van der Waals surface area contributed by atoms with Gasteiger partial charge < -0.3 is 19.6 Å². The van der Waals surface area contributed by atoms with Crippen LogP contribution in [0, 0.1) is 0 Å². The topological polar surface area (TPSA) is 96.6 Å². The summed E-state index contributed by atoms with van der Waals surface area (Å²) in [7, 11) is 0. The maximum Gasteiger partial charge on any atom is 0.410 e. The number of hydrogen-bond donors (Lipinski definition) is 1. The van der Waals surface area contributed by atoms with Gasteiger partial charge in [0.2, 0.25) is 0 Å². The highest BCUT2D eigenvalue weighted by Gasteiger charge is 2.35. The molecule has 0 spiro atoms. The van der Waals surface area contributed by atoms with E-state index in [2.05, 4.69) is 10.1 Å². The lowest BCUT2D eigenvalue weighted by Gasteiger charge is -2.31. The van der Waals surface area contributed by atoms with Gasteiger partial charge in [0, 0.05) is 37.3 Å². The summed E-state index contributed by atoms with van der Waals surface area (Å²) in [6.07, 6.45) is 2.94. The van der Waals surface area contributed by atoms with Gasteiger partial charge in [0.05, 0.1) is 23.9 Å². The molecule has 1 amide bonds. The Balaban J connectivity index is 1.60. The first-order chi connectivity index (χ1) is 15.0. The minimum absolute atomic E-state index is 0.174. The zero-order valence-corrected chi connectivity index (χ0v) is 19.4. The molecule has 3 aromatic rings. The number of hydrogen-bond acceptors (Lipinski definition) is 7. The van der Waals surface area contributed by atoms with Crippen LogP contribution in [-0.4, -0.2) is 73.2 Å². The van der Waals surface area contributed by atoms with E-state index in [0.717, 1.165) is 10.9 Å². The lowest BCUT2D eigenvalue weighted by molar-refractivity contribution is -0.000277. The summed E-state index contributed by atoms with van der Waals surface area (Å²) in [6.45, 7) is 8.58. The van der Waals surface area contributed by atoms with Gasteiger partial charge in [-0.3, -0.25) is 0 Å². The van der Waals surface area contributed by atoms with Crippen molar-refractivity contribution in [2.45, 2.75) is 38.9 Å². The van der Waals surface area contributed by atoms with E-state index in [-0.39, 0.29) is 6.54 Å². The molecule has 1 aliphatic rings. The maximum absolute atomic E-state index is 12.6. The number of rotatable bonds is 2. The molecule has 4 heterocycles. The molecule has 170 valence electrons. The standard InChI is InChI=1S/C22H27ClN6O3/c1-21(2,3)32-20(30)28-9-8-27(13-22(4,31)14-28)18-6-5-7-19(26-18)29-16-10-17(23)24-11-15(16)12-25-29/h5-7,10-12,31H,8-9,13-14H2,1-4H3. The van der Waals surface area contributed by atoms with Crippen LogP contribution < -0.4 is 4.90 Å². The van der Waals surface area contributed by atoms with Crippen molar-refractivity contribution in [2.75, 3.05) is 31.1 Å². The fraction of sp³-hybridized carbons (Fsp3) is 0.455. The molecule has 1 N–H and O–H groups in total. The SMILES string of the molecule is CC1(O)CN(C(=O)OC(C)(C)C)CCN(c2cccc(-n3ncc4cnc(Cl)cc43)n2)C1. The van der Waals surface area contributed by atoms with Crippen LogP contribution in [0.3, 0.4) is 0 Å². The minimum Gasteiger partial charge on any atom is -0.444 e. The van der Waals surface area contributed by atoms with Crippen molar-refractivity contribution in [1.82, 2.24) is 24.6 Å². The average Bonchev–Trinajstić information content (AvgIpc) is 3.03. The second kappa shape index (κ2) is 8.22. The third-order valence-corrected chi connectivity index (χ3v) is 5.24. The van der Waals surface area contributed by atoms with Crippen LogP contribution in [0.4, 0.5) is 10.6 Å². The van der Waals surface area contributed by atoms with E-state index in [9.17, 15) is 9.90 Å². The molecule has 9 nitrogen and oxygen atoms in total. The quantitative estimate of drug-likeness (QED) is 0.588. The number of aromatic nitrogens is 4. The Kier molecular flexibility index (Phi) is 5.72. The second-order valence-corrected chi connectivity index (χ2v) is 9.68. The number of β-amino-alcohol motifs (C(OH)–C–C–N with tert-alkyl or cyclic N) is 1. The Bertz CT molecular complexity index is 1140. The first-order valence-corrected chi connectivity index (χ1v) is 10.8. The van der Waals surface area contributed by atoms with Gasteiger partial charge in [-0.2, -0.15) is 5.10 Å². The molecule has 0 aliphatic carbocycles. The number of amides is 1. The van der Waals surface area contributed by atoms with Gasteiger partial charge in [-0.15, -0.1) is 0 Å². The smallest absolute Gasteiger partial charge is 0.410 e. The molecule has 0 bridgehead atoms. The Morgan fingerprint density at radius 3 is 2.69 bits per heavy atom. The number of anilines is 1. The molecule has 0 aromatic carbocycles. The molecule has 0 saturated carbocycles. The number of carbonyl (C=O) groups excluding carboxylic acids is 1. The van der Waals surface area contributed by atoms with E-state index in [1.165, 1.54) is 0 Å². The number of aliphatic hydroxyl groups is 1. The molecule has 10 heteroatoms. The van der Waals surface area contributed by atoms with Crippen molar-refractivity contribution < 1.29 is 14.6 Å². The molecular weight excluding hydrogens is 432 g/mol. The van der Waals surface area contributed by atoms with Gasteiger partial charge in [0.1, 0.15) is 16.6 Å². The van der Waals surface area contributed by atoms with Crippen LogP contribution in [0.15, 0.2) is 36.7 Å². The molecule has 3 aromatic heterocycles. The summed E-state index contributed by atoms with van der Waals surface area (Å²) in [5, 5.41) is 16.6. The van der Waals surface area contributed by atoms with Gasteiger partial charge in [-0.05, 0) is 39.8 Å². The van der Waals surface area contributed by atoms with E-state index >= 15 is 0 Å². The molecule has 0 radical (unpaired) electrons. The van der Waals surface area contributed by atoms with Crippen LogP contribution in [0.1, 0.15) is 27.7 Å². The zero-order chi connectivity index (χ0) is 23.1. The fourth-order valence-electron chi connectivity index (χ4n) is 3.73. The van der Waals surface area contributed by atoms with E-state index in [1.807, 2.05) is 43.9 Å². The average molecular weight is 459 g/mol.